The molecule has 1 aliphatic carbocycles. The van der Waals surface area contributed by atoms with E-state index < -0.39 is 5.97 Å². The monoisotopic (exact) mass is 310 g/mol. The van der Waals surface area contributed by atoms with E-state index in [1.54, 1.807) is 4.90 Å². The smallest absolute Gasteiger partial charge is 0.305 e. The third-order valence-electron chi connectivity index (χ3n) is 4.74. The molecular formula is C16H26N2O4. The first kappa shape index (κ1) is 16.8. The van der Waals surface area contributed by atoms with Crippen molar-refractivity contribution in [3.63, 3.8) is 0 Å². The minimum atomic E-state index is -0.883. The van der Waals surface area contributed by atoms with Crippen molar-refractivity contribution in [2.45, 2.75) is 63.8 Å². The second kappa shape index (κ2) is 8.15. The summed E-state index contributed by atoms with van der Waals surface area (Å²) in [6.07, 6.45) is 7.92. The molecule has 2 rings (SSSR count). The van der Waals surface area contributed by atoms with Gasteiger partial charge < -0.3 is 15.3 Å². The van der Waals surface area contributed by atoms with Crippen LogP contribution in [0.3, 0.4) is 0 Å². The van der Waals surface area contributed by atoms with Gasteiger partial charge in [-0.25, -0.2) is 0 Å². The highest BCUT2D eigenvalue weighted by molar-refractivity contribution is 5.85. The molecule has 22 heavy (non-hydrogen) atoms. The van der Waals surface area contributed by atoms with E-state index in [2.05, 4.69) is 5.32 Å². The van der Waals surface area contributed by atoms with Crippen LogP contribution in [0.5, 0.6) is 0 Å². The minimum absolute atomic E-state index is 0.0121. The highest BCUT2D eigenvalue weighted by atomic mass is 16.4. The fourth-order valence-corrected chi connectivity index (χ4v) is 3.58. The summed E-state index contributed by atoms with van der Waals surface area (Å²) < 4.78 is 0. The number of carboxylic acids is 1. The van der Waals surface area contributed by atoms with Gasteiger partial charge in [0, 0.05) is 19.0 Å². The topological polar surface area (TPSA) is 86.7 Å². The average Bonchev–Trinajstić information content (AvgIpc) is 2.93. The maximum Gasteiger partial charge on any atom is 0.305 e. The number of hydrogen-bond donors (Lipinski definition) is 2. The molecule has 2 aliphatic rings. The van der Waals surface area contributed by atoms with Gasteiger partial charge in [0.15, 0.2) is 0 Å². The number of carbonyl (C=O) groups is 3. The molecule has 2 fully saturated rings. The lowest BCUT2D eigenvalue weighted by molar-refractivity contribution is -0.140. The number of likely N-dealkylation sites (tertiary alicyclic amines) is 1. The lowest BCUT2D eigenvalue weighted by Crippen LogP contribution is -2.43. The van der Waals surface area contributed by atoms with Crippen molar-refractivity contribution in [3.8, 4) is 0 Å². The lowest BCUT2D eigenvalue weighted by Gasteiger charge is -2.24. The van der Waals surface area contributed by atoms with Gasteiger partial charge in [-0.1, -0.05) is 19.3 Å². The quantitative estimate of drug-likeness (QED) is 0.779. The molecule has 1 saturated heterocycles. The molecule has 0 aromatic rings. The summed E-state index contributed by atoms with van der Waals surface area (Å²) in [4.78, 5) is 36.5. The predicted molar refractivity (Wildman–Crippen MR) is 81.2 cm³/mol. The Balaban J connectivity index is 1.72. The van der Waals surface area contributed by atoms with Gasteiger partial charge in [-0.3, -0.25) is 14.4 Å². The van der Waals surface area contributed by atoms with Crippen LogP contribution in [0.4, 0.5) is 0 Å². The molecule has 6 heteroatoms. The Morgan fingerprint density at radius 2 is 1.73 bits per heavy atom. The van der Waals surface area contributed by atoms with Gasteiger partial charge in [-0.05, 0) is 31.6 Å². The van der Waals surface area contributed by atoms with Crippen LogP contribution in [0.1, 0.15) is 57.8 Å². The summed E-state index contributed by atoms with van der Waals surface area (Å²) in [6.45, 7) is 0.580. The van der Waals surface area contributed by atoms with E-state index >= 15 is 0 Å². The zero-order valence-electron chi connectivity index (χ0n) is 13.1. The second-order valence-corrected chi connectivity index (χ2v) is 6.47. The molecule has 0 aromatic heterocycles. The van der Waals surface area contributed by atoms with Crippen molar-refractivity contribution in [1.29, 1.82) is 0 Å². The van der Waals surface area contributed by atoms with Crippen LogP contribution in [-0.4, -0.2) is 46.9 Å². The van der Waals surface area contributed by atoms with E-state index in [1.807, 2.05) is 0 Å². The predicted octanol–water partition coefficient (Wildman–Crippen LogP) is 1.54. The fraction of sp³-hybridized carbons (Fsp3) is 0.812. The largest absolute Gasteiger partial charge is 0.481 e. The summed E-state index contributed by atoms with van der Waals surface area (Å²) >= 11 is 0. The van der Waals surface area contributed by atoms with Gasteiger partial charge in [-0.2, -0.15) is 0 Å². The number of rotatable bonds is 6. The SMILES string of the molecule is O=C(O)CC1CCCN1C(=O)CNC(=O)CC1CCCCC1. The van der Waals surface area contributed by atoms with Gasteiger partial charge >= 0.3 is 5.97 Å². The van der Waals surface area contributed by atoms with Crippen molar-refractivity contribution < 1.29 is 19.5 Å². The Bertz CT molecular complexity index is 418. The first-order valence-corrected chi connectivity index (χ1v) is 8.34. The van der Waals surface area contributed by atoms with Gasteiger partial charge in [-0.15, -0.1) is 0 Å². The van der Waals surface area contributed by atoms with Crippen LogP contribution in [0.25, 0.3) is 0 Å². The molecule has 0 radical (unpaired) electrons. The molecule has 1 saturated carbocycles. The van der Waals surface area contributed by atoms with Crippen LogP contribution in [-0.2, 0) is 14.4 Å². The average molecular weight is 310 g/mol. The van der Waals surface area contributed by atoms with Crippen molar-refractivity contribution in [2.24, 2.45) is 5.92 Å². The molecule has 124 valence electrons. The van der Waals surface area contributed by atoms with E-state index in [9.17, 15) is 14.4 Å². The Kier molecular flexibility index (Phi) is 6.21. The van der Waals surface area contributed by atoms with Gasteiger partial charge in [0.1, 0.15) is 0 Å². The highest BCUT2D eigenvalue weighted by Gasteiger charge is 2.30. The Hall–Kier alpha value is -1.59. The zero-order chi connectivity index (χ0) is 15.9. The van der Waals surface area contributed by atoms with Crippen molar-refractivity contribution >= 4 is 17.8 Å². The first-order chi connectivity index (χ1) is 10.6. The van der Waals surface area contributed by atoms with Crippen LogP contribution >= 0.6 is 0 Å². The molecule has 0 bridgehead atoms. The van der Waals surface area contributed by atoms with Gasteiger partial charge in [0.05, 0.1) is 13.0 Å². The highest BCUT2D eigenvalue weighted by Crippen LogP contribution is 2.26. The van der Waals surface area contributed by atoms with Gasteiger partial charge in [0.25, 0.3) is 0 Å². The Labute approximate surface area is 131 Å². The number of nitrogens with zero attached hydrogens (tertiary/aromatic N) is 1. The van der Waals surface area contributed by atoms with E-state index in [1.165, 1.54) is 19.3 Å². The molecule has 2 N–H and O–H groups in total. The zero-order valence-corrected chi connectivity index (χ0v) is 13.1. The molecule has 6 nitrogen and oxygen atoms in total. The normalized spacial score (nSPS) is 22.5. The fourth-order valence-electron chi connectivity index (χ4n) is 3.58. The number of aliphatic carboxylic acids is 1. The summed E-state index contributed by atoms with van der Waals surface area (Å²) in [5.41, 5.74) is 0. The van der Waals surface area contributed by atoms with Crippen molar-refractivity contribution in [1.82, 2.24) is 10.2 Å². The number of nitrogens with one attached hydrogen (secondary N) is 1. The molecule has 2 amide bonds. The summed E-state index contributed by atoms with van der Waals surface area (Å²) in [5.74, 6) is -0.656. The number of carbonyl (C=O) groups excluding carboxylic acids is 2. The molecule has 1 aliphatic heterocycles. The maximum atomic E-state index is 12.2. The van der Waals surface area contributed by atoms with Crippen LogP contribution in [0.15, 0.2) is 0 Å². The van der Waals surface area contributed by atoms with E-state index in [4.69, 9.17) is 5.11 Å². The summed E-state index contributed by atoms with van der Waals surface area (Å²) in [5, 5.41) is 11.6. The third kappa shape index (κ3) is 5.00. The molecule has 1 unspecified atom stereocenters. The molecule has 1 atom stereocenters. The first-order valence-electron chi connectivity index (χ1n) is 8.34. The van der Waals surface area contributed by atoms with Crippen molar-refractivity contribution in [3.05, 3.63) is 0 Å². The van der Waals surface area contributed by atoms with Gasteiger partial charge in [0.2, 0.25) is 11.8 Å². The molecular weight excluding hydrogens is 284 g/mol. The standard InChI is InChI=1S/C16H26N2O4/c19-14(9-12-5-2-1-3-6-12)17-11-15(20)18-8-4-7-13(18)10-16(21)22/h12-13H,1-11H2,(H,17,19)(H,21,22). The van der Waals surface area contributed by atoms with E-state index in [0.29, 0.717) is 18.9 Å². The molecule has 1 heterocycles. The van der Waals surface area contributed by atoms with Crippen molar-refractivity contribution in [2.75, 3.05) is 13.1 Å². The van der Waals surface area contributed by atoms with Crippen LogP contribution < -0.4 is 5.32 Å². The second-order valence-electron chi connectivity index (χ2n) is 6.47. The molecule has 0 spiro atoms. The number of hydrogen-bond acceptors (Lipinski definition) is 3. The van der Waals surface area contributed by atoms with E-state index in [-0.39, 0.29) is 30.8 Å². The maximum absolute atomic E-state index is 12.2. The van der Waals surface area contributed by atoms with E-state index in [0.717, 1.165) is 25.7 Å². The lowest BCUT2D eigenvalue weighted by atomic mass is 9.87. The Morgan fingerprint density at radius 1 is 1.00 bits per heavy atom. The number of amides is 2. The minimum Gasteiger partial charge on any atom is -0.481 e. The summed E-state index contributed by atoms with van der Waals surface area (Å²) in [6, 6.07) is -0.222. The van der Waals surface area contributed by atoms with Crippen LogP contribution in [0, 0.1) is 5.92 Å². The third-order valence-corrected chi connectivity index (χ3v) is 4.74. The summed E-state index contributed by atoms with van der Waals surface area (Å²) in [7, 11) is 0. The number of carboxylic acid groups (broad SMARTS) is 1. The Morgan fingerprint density at radius 3 is 2.41 bits per heavy atom. The molecule has 0 aromatic carbocycles. The van der Waals surface area contributed by atoms with Crippen LogP contribution in [0.2, 0.25) is 0 Å².